The van der Waals surface area contributed by atoms with E-state index in [0.717, 1.165) is 5.69 Å². The van der Waals surface area contributed by atoms with E-state index in [1.54, 1.807) is 29.6 Å². The van der Waals surface area contributed by atoms with E-state index < -0.39 is 10.0 Å². The number of nitrogen functional groups attached to an aromatic ring is 1. The summed E-state index contributed by atoms with van der Waals surface area (Å²) in [5.74, 6) is -0.0914. The molecule has 3 N–H and O–H groups in total. The summed E-state index contributed by atoms with van der Waals surface area (Å²) in [6.07, 6.45) is 0. The van der Waals surface area contributed by atoms with Gasteiger partial charge in [-0.25, -0.2) is 13.4 Å². The van der Waals surface area contributed by atoms with E-state index in [9.17, 15) is 8.42 Å². The second-order valence-corrected chi connectivity index (χ2v) is 6.48. The van der Waals surface area contributed by atoms with E-state index in [0.29, 0.717) is 16.4 Å². The molecule has 0 amide bonds. The lowest BCUT2D eigenvalue weighted by atomic mass is 10.2. The van der Waals surface area contributed by atoms with Crippen LogP contribution in [-0.4, -0.2) is 13.4 Å². The number of benzene rings is 1. The van der Waals surface area contributed by atoms with Crippen LogP contribution in [0.2, 0.25) is 0 Å². The fraction of sp³-hybridized carbons (Fsp3) is 0.182. The quantitative estimate of drug-likeness (QED) is 0.840. The summed E-state index contributed by atoms with van der Waals surface area (Å²) in [5.41, 5.74) is 7.64. The Bertz CT molecular complexity index is 633. The van der Waals surface area contributed by atoms with Crippen LogP contribution in [0.5, 0.6) is 0 Å². The van der Waals surface area contributed by atoms with Crippen LogP contribution in [0.25, 0.3) is 0 Å². The third-order valence-electron chi connectivity index (χ3n) is 2.20. The number of hydrogen-bond donors (Lipinski definition) is 2. The minimum atomic E-state index is -3.43. The third-order valence-corrected chi connectivity index (χ3v) is 4.42. The van der Waals surface area contributed by atoms with Crippen molar-refractivity contribution >= 4 is 32.2 Å². The lowest BCUT2D eigenvalue weighted by Gasteiger charge is -2.05. The number of nitrogens with one attached hydrogen (secondary N) is 1. The van der Waals surface area contributed by atoms with Gasteiger partial charge in [0.05, 0.1) is 11.4 Å². The Hall–Kier alpha value is -1.60. The first kappa shape index (κ1) is 12.8. The topological polar surface area (TPSA) is 85.1 Å². The number of nitrogens with two attached hydrogens (primary N) is 1. The maximum atomic E-state index is 11.9. The molecule has 0 radical (unpaired) electrons. The maximum absolute atomic E-state index is 11.9. The van der Waals surface area contributed by atoms with Crippen molar-refractivity contribution in [3.63, 3.8) is 0 Å². The summed E-state index contributed by atoms with van der Waals surface area (Å²) >= 11 is 1.27. The Labute approximate surface area is 110 Å². The molecule has 0 bridgehead atoms. The van der Waals surface area contributed by atoms with Crippen LogP contribution in [0, 0.1) is 6.92 Å². The van der Waals surface area contributed by atoms with Gasteiger partial charge in [0, 0.05) is 11.1 Å². The van der Waals surface area contributed by atoms with Crippen LogP contribution < -0.4 is 10.5 Å². The van der Waals surface area contributed by atoms with E-state index in [2.05, 4.69) is 9.71 Å². The number of sulfonamides is 1. The number of rotatable bonds is 4. The van der Waals surface area contributed by atoms with Gasteiger partial charge in [0.1, 0.15) is 0 Å². The highest BCUT2D eigenvalue weighted by atomic mass is 32.2. The average molecular weight is 283 g/mol. The van der Waals surface area contributed by atoms with E-state index in [4.69, 9.17) is 5.73 Å². The number of anilines is 2. The lowest BCUT2D eigenvalue weighted by Crippen LogP contribution is -2.14. The predicted octanol–water partition coefficient (Wildman–Crippen LogP) is 1.98. The van der Waals surface area contributed by atoms with Crippen molar-refractivity contribution in [3.05, 3.63) is 40.9 Å². The Balaban J connectivity index is 2.10. The Morgan fingerprint density at radius 2 is 2.00 bits per heavy atom. The molecule has 1 aromatic heterocycles. The molecule has 0 aliphatic carbocycles. The molecule has 5 nitrogen and oxygen atoms in total. The monoisotopic (exact) mass is 283 g/mol. The van der Waals surface area contributed by atoms with Crippen molar-refractivity contribution in [1.29, 1.82) is 0 Å². The van der Waals surface area contributed by atoms with Crippen LogP contribution in [0.15, 0.2) is 29.6 Å². The van der Waals surface area contributed by atoms with Gasteiger partial charge in [-0.05, 0) is 24.6 Å². The summed E-state index contributed by atoms with van der Waals surface area (Å²) in [7, 11) is -3.43. The van der Waals surface area contributed by atoms with E-state index in [1.807, 2.05) is 6.92 Å². The molecule has 0 fully saturated rings. The van der Waals surface area contributed by atoms with Gasteiger partial charge in [-0.3, -0.25) is 4.72 Å². The van der Waals surface area contributed by atoms with Gasteiger partial charge < -0.3 is 5.73 Å². The maximum Gasteiger partial charge on any atom is 0.238 e. The van der Waals surface area contributed by atoms with Crippen molar-refractivity contribution in [2.24, 2.45) is 0 Å². The second kappa shape index (κ2) is 4.95. The van der Waals surface area contributed by atoms with Gasteiger partial charge in [0.15, 0.2) is 5.13 Å². The number of thiazole rings is 1. The van der Waals surface area contributed by atoms with E-state index in [-0.39, 0.29) is 5.75 Å². The summed E-state index contributed by atoms with van der Waals surface area (Å²) in [6.45, 7) is 1.81. The molecule has 96 valence electrons. The zero-order valence-electron chi connectivity index (χ0n) is 9.75. The van der Waals surface area contributed by atoms with Crippen molar-refractivity contribution in [2.45, 2.75) is 12.7 Å². The highest BCUT2D eigenvalue weighted by Crippen LogP contribution is 2.18. The standard InChI is InChI=1S/C11H13N3O2S2/c1-8-6-17-11(13-8)14-18(15,16)7-9-2-4-10(12)5-3-9/h2-6H,7,12H2,1H3,(H,13,14). The molecule has 18 heavy (non-hydrogen) atoms. The van der Waals surface area contributed by atoms with Crippen LogP contribution in [0.4, 0.5) is 10.8 Å². The average Bonchev–Trinajstić information content (AvgIpc) is 2.66. The number of hydrogen-bond acceptors (Lipinski definition) is 5. The largest absolute Gasteiger partial charge is 0.399 e. The zero-order valence-corrected chi connectivity index (χ0v) is 11.4. The molecule has 0 aliphatic heterocycles. The normalized spacial score (nSPS) is 11.4. The van der Waals surface area contributed by atoms with Crippen LogP contribution in [0.1, 0.15) is 11.3 Å². The first-order valence-electron chi connectivity index (χ1n) is 5.22. The fourth-order valence-corrected chi connectivity index (χ4v) is 3.52. The van der Waals surface area contributed by atoms with Gasteiger partial charge in [0.25, 0.3) is 0 Å². The Morgan fingerprint density at radius 1 is 1.33 bits per heavy atom. The van der Waals surface area contributed by atoms with Gasteiger partial charge >= 0.3 is 0 Å². The van der Waals surface area contributed by atoms with Gasteiger partial charge in [-0.2, -0.15) is 0 Å². The molecule has 0 aliphatic rings. The minimum absolute atomic E-state index is 0.0914. The zero-order chi connectivity index (χ0) is 13.2. The molecule has 2 aromatic rings. The number of nitrogens with zero attached hydrogens (tertiary/aromatic N) is 1. The number of aryl methyl sites for hydroxylation is 1. The molecule has 2 rings (SSSR count). The minimum Gasteiger partial charge on any atom is -0.399 e. The molecule has 1 heterocycles. The van der Waals surface area contributed by atoms with Crippen molar-refractivity contribution in [3.8, 4) is 0 Å². The Kier molecular flexibility index (Phi) is 3.53. The van der Waals surface area contributed by atoms with E-state index >= 15 is 0 Å². The summed E-state index contributed by atoms with van der Waals surface area (Å²) < 4.78 is 26.2. The first-order chi connectivity index (χ1) is 8.44. The number of aromatic nitrogens is 1. The molecule has 0 unspecified atom stereocenters. The van der Waals surface area contributed by atoms with Crippen molar-refractivity contribution in [1.82, 2.24) is 4.98 Å². The van der Waals surface area contributed by atoms with Gasteiger partial charge in [0.2, 0.25) is 10.0 Å². The van der Waals surface area contributed by atoms with Gasteiger partial charge in [-0.15, -0.1) is 11.3 Å². The van der Waals surface area contributed by atoms with E-state index in [1.165, 1.54) is 11.3 Å². The molecule has 7 heteroatoms. The second-order valence-electron chi connectivity index (χ2n) is 3.90. The lowest BCUT2D eigenvalue weighted by molar-refractivity contribution is 0.600. The first-order valence-corrected chi connectivity index (χ1v) is 7.75. The fourth-order valence-electron chi connectivity index (χ4n) is 1.40. The SMILES string of the molecule is Cc1csc(NS(=O)(=O)Cc2ccc(N)cc2)n1. The molecule has 0 saturated heterocycles. The molecule has 0 atom stereocenters. The highest BCUT2D eigenvalue weighted by molar-refractivity contribution is 7.92. The molecule has 1 aromatic carbocycles. The predicted molar refractivity (Wildman–Crippen MR) is 74.0 cm³/mol. The summed E-state index contributed by atoms with van der Waals surface area (Å²) in [6, 6.07) is 6.75. The third kappa shape index (κ3) is 3.44. The summed E-state index contributed by atoms with van der Waals surface area (Å²) in [5, 5.41) is 2.18. The molecular weight excluding hydrogens is 270 g/mol. The smallest absolute Gasteiger partial charge is 0.238 e. The van der Waals surface area contributed by atoms with Crippen LogP contribution in [-0.2, 0) is 15.8 Å². The Morgan fingerprint density at radius 3 is 2.56 bits per heavy atom. The highest BCUT2D eigenvalue weighted by Gasteiger charge is 2.13. The van der Waals surface area contributed by atoms with Crippen LogP contribution >= 0.6 is 11.3 Å². The van der Waals surface area contributed by atoms with Crippen LogP contribution in [0.3, 0.4) is 0 Å². The molecule has 0 saturated carbocycles. The van der Waals surface area contributed by atoms with Gasteiger partial charge in [-0.1, -0.05) is 12.1 Å². The summed E-state index contributed by atoms with van der Waals surface area (Å²) in [4.78, 5) is 4.06. The van der Waals surface area contributed by atoms with Crippen molar-refractivity contribution < 1.29 is 8.42 Å². The van der Waals surface area contributed by atoms with Crippen molar-refractivity contribution in [2.75, 3.05) is 10.5 Å². The molecule has 0 spiro atoms. The molecular formula is C11H13N3O2S2.